The van der Waals surface area contributed by atoms with Gasteiger partial charge < -0.3 is 15.1 Å². The van der Waals surface area contributed by atoms with Gasteiger partial charge in [-0.1, -0.05) is 41.9 Å². The van der Waals surface area contributed by atoms with Gasteiger partial charge >= 0.3 is 6.03 Å². The molecule has 24 heavy (non-hydrogen) atoms. The average molecular weight is 343 g/mol. The maximum atomic E-state index is 12.2. The summed E-state index contributed by atoms with van der Waals surface area (Å²) in [5.74, 6) is 0.781. The van der Waals surface area contributed by atoms with Gasteiger partial charge in [-0.15, -0.1) is 0 Å². The van der Waals surface area contributed by atoms with E-state index in [1.807, 2.05) is 48.5 Å². The number of carbonyl (C=O) groups is 1. The highest BCUT2D eigenvalue weighted by atomic mass is 35.5. The van der Waals surface area contributed by atoms with E-state index in [9.17, 15) is 4.79 Å². The number of amides is 2. The minimum Gasteiger partial charge on any atom is -0.352 e. The van der Waals surface area contributed by atoms with Crippen LogP contribution in [0.25, 0.3) is 6.08 Å². The second kappa shape index (κ2) is 7.84. The number of carbonyl (C=O) groups excluding carboxylic acids is 1. The van der Waals surface area contributed by atoms with Crippen LogP contribution in [-0.4, -0.2) is 42.1 Å². The van der Waals surface area contributed by atoms with Crippen molar-refractivity contribution in [3.63, 3.8) is 0 Å². The van der Waals surface area contributed by atoms with Crippen LogP contribution in [0.1, 0.15) is 5.56 Å². The van der Waals surface area contributed by atoms with E-state index >= 15 is 0 Å². The lowest BCUT2D eigenvalue weighted by atomic mass is 10.2. The summed E-state index contributed by atoms with van der Waals surface area (Å²) in [5, 5.41) is 3.45. The molecule has 2 aromatic rings. The van der Waals surface area contributed by atoms with Gasteiger partial charge in [-0.25, -0.2) is 9.78 Å². The number of aromatic nitrogens is 1. The molecule has 1 N–H and O–H groups in total. The third-order valence-corrected chi connectivity index (χ3v) is 4.18. The van der Waals surface area contributed by atoms with Crippen LogP contribution >= 0.6 is 11.6 Å². The number of piperazine rings is 1. The monoisotopic (exact) mass is 342 g/mol. The number of nitrogens with one attached hydrogen (secondary N) is 1. The topological polar surface area (TPSA) is 48.5 Å². The number of pyridine rings is 1. The summed E-state index contributed by atoms with van der Waals surface area (Å²) in [6.45, 7) is 2.70. The molecule has 1 saturated heterocycles. The van der Waals surface area contributed by atoms with Crippen LogP contribution in [0.5, 0.6) is 0 Å². The number of benzene rings is 1. The molecule has 0 spiro atoms. The van der Waals surface area contributed by atoms with Gasteiger partial charge in [-0.2, -0.15) is 0 Å². The van der Waals surface area contributed by atoms with Crippen LogP contribution < -0.4 is 10.2 Å². The summed E-state index contributed by atoms with van der Waals surface area (Å²) in [6, 6.07) is 13.4. The fourth-order valence-electron chi connectivity index (χ4n) is 2.60. The van der Waals surface area contributed by atoms with E-state index in [-0.39, 0.29) is 6.03 Å². The Morgan fingerprint density at radius 1 is 1.08 bits per heavy atom. The molecule has 1 fully saturated rings. The first kappa shape index (κ1) is 16.3. The number of hydrogen-bond donors (Lipinski definition) is 1. The van der Waals surface area contributed by atoms with Crippen LogP contribution in [0, 0.1) is 0 Å². The Bertz CT molecular complexity index is 712. The van der Waals surface area contributed by atoms with Gasteiger partial charge in [0.25, 0.3) is 0 Å². The predicted octanol–water partition coefficient (Wildman–Crippen LogP) is 3.24. The Morgan fingerprint density at radius 2 is 1.83 bits per heavy atom. The van der Waals surface area contributed by atoms with Gasteiger partial charge in [-0.05, 0) is 23.8 Å². The fraction of sp³-hybridized carbons (Fsp3) is 0.222. The van der Waals surface area contributed by atoms with Crippen LogP contribution in [0.4, 0.5) is 10.6 Å². The van der Waals surface area contributed by atoms with Gasteiger partial charge in [0.1, 0.15) is 5.82 Å². The van der Waals surface area contributed by atoms with Crippen molar-refractivity contribution in [2.24, 2.45) is 0 Å². The van der Waals surface area contributed by atoms with E-state index in [2.05, 4.69) is 15.2 Å². The molecule has 0 radical (unpaired) electrons. The van der Waals surface area contributed by atoms with Crippen LogP contribution in [0.15, 0.2) is 54.9 Å². The summed E-state index contributed by atoms with van der Waals surface area (Å²) in [5.41, 5.74) is 1.05. The van der Waals surface area contributed by atoms with E-state index in [0.29, 0.717) is 31.2 Å². The summed E-state index contributed by atoms with van der Waals surface area (Å²) in [7, 11) is 0. The Kier molecular flexibility index (Phi) is 5.33. The van der Waals surface area contributed by atoms with Crippen LogP contribution in [0.3, 0.4) is 0 Å². The Hall–Kier alpha value is -2.53. The largest absolute Gasteiger partial charge is 0.352 e. The zero-order valence-electron chi connectivity index (χ0n) is 13.2. The molecule has 6 heteroatoms. The highest BCUT2D eigenvalue weighted by molar-refractivity contribution is 6.32. The lowest BCUT2D eigenvalue weighted by Gasteiger charge is -2.35. The van der Waals surface area contributed by atoms with Crippen molar-refractivity contribution < 1.29 is 4.79 Å². The van der Waals surface area contributed by atoms with Crippen LogP contribution in [-0.2, 0) is 0 Å². The molecule has 124 valence electrons. The number of anilines is 1. The van der Waals surface area contributed by atoms with Crippen molar-refractivity contribution in [1.29, 1.82) is 0 Å². The highest BCUT2D eigenvalue weighted by Gasteiger charge is 2.22. The van der Waals surface area contributed by atoms with Crippen molar-refractivity contribution in [2.75, 3.05) is 31.1 Å². The molecule has 1 aliphatic heterocycles. The lowest BCUT2D eigenvalue weighted by Crippen LogP contribution is -2.51. The molecule has 3 rings (SSSR count). The molecular formula is C18H19ClN4O. The predicted molar refractivity (Wildman–Crippen MR) is 97.0 cm³/mol. The molecule has 2 amide bonds. The Balaban J connectivity index is 1.50. The second-order valence-electron chi connectivity index (χ2n) is 5.48. The first-order valence-electron chi connectivity index (χ1n) is 7.86. The minimum atomic E-state index is -0.0889. The zero-order valence-corrected chi connectivity index (χ0v) is 14.0. The summed E-state index contributed by atoms with van der Waals surface area (Å²) in [4.78, 5) is 20.4. The standard InChI is InChI=1S/C18H19ClN4O/c19-16-7-4-9-20-17(16)22-11-13-23(14-12-22)18(24)21-10-8-15-5-2-1-3-6-15/h1-10H,11-14H2,(H,21,24)/b10-8+. The van der Waals surface area contributed by atoms with Crippen molar-refractivity contribution >= 4 is 29.5 Å². The van der Waals surface area contributed by atoms with Gasteiger partial charge in [0.05, 0.1) is 5.02 Å². The second-order valence-corrected chi connectivity index (χ2v) is 5.88. The Morgan fingerprint density at radius 3 is 2.54 bits per heavy atom. The molecule has 0 bridgehead atoms. The smallest absolute Gasteiger partial charge is 0.321 e. The molecule has 1 aliphatic rings. The van der Waals surface area contributed by atoms with Gasteiger partial charge in [0, 0.05) is 38.6 Å². The normalized spacial score (nSPS) is 14.9. The zero-order chi connectivity index (χ0) is 16.8. The SMILES string of the molecule is O=C(N/C=C/c1ccccc1)N1CCN(c2ncccc2Cl)CC1. The molecular weight excluding hydrogens is 324 g/mol. The van der Waals surface area contributed by atoms with E-state index < -0.39 is 0 Å². The van der Waals surface area contributed by atoms with E-state index in [4.69, 9.17) is 11.6 Å². The highest BCUT2D eigenvalue weighted by Crippen LogP contribution is 2.23. The molecule has 2 heterocycles. The first-order chi connectivity index (χ1) is 11.7. The van der Waals surface area contributed by atoms with Crippen molar-refractivity contribution in [1.82, 2.24) is 15.2 Å². The van der Waals surface area contributed by atoms with Crippen molar-refractivity contribution in [3.05, 3.63) is 65.4 Å². The molecule has 5 nitrogen and oxygen atoms in total. The number of hydrogen-bond acceptors (Lipinski definition) is 3. The third kappa shape index (κ3) is 4.06. The fourth-order valence-corrected chi connectivity index (χ4v) is 2.84. The quantitative estimate of drug-likeness (QED) is 0.931. The number of halogens is 1. The first-order valence-corrected chi connectivity index (χ1v) is 8.24. The van der Waals surface area contributed by atoms with E-state index in [0.717, 1.165) is 11.4 Å². The molecule has 0 saturated carbocycles. The number of rotatable bonds is 3. The molecule has 0 unspecified atom stereocenters. The Labute approximate surface area is 146 Å². The summed E-state index contributed by atoms with van der Waals surface area (Å²) in [6.07, 6.45) is 5.29. The minimum absolute atomic E-state index is 0.0889. The van der Waals surface area contributed by atoms with Crippen LogP contribution in [0.2, 0.25) is 5.02 Å². The van der Waals surface area contributed by atoms with Crippen molar-refractivity contribution in [3.8, 4) is 0 Å². The van der Waals surface area contributed by atoms with Gasteiger partial charge in [-0.3, -0.25) is 0 Å². The maximum absolute atomic E-state index is 12.2. The number of nitrogens with zero attached hydrogens (tertiary/aromatic N) is 3. The van der Waals surface area contributed by atoms with E-state index in [1.54, 1.807) is 17.3 Å². The third-order valence-electron chi connectivity index (χ3n) is 3.89. The molecule has 1 aromatic carbocycles. The van der Waals surface area contributed by atoms with Gasteiger partial charge in [0.15, 0.2) is 0 Å². The molecule has 1 aromatic heterocycles. The van der Waals surface area contributed by atoms with E-state index in [1.165, 1.54) is 0 Å². The lowest BCUT2D eigenvalue weighted by molar-refractivity contribution is 0.198. The summed E-state index contributed by atoms with van der Waals surface area (Å²) >= 11 is 6.18. The maximum Gasteiger partial charge on any atom is 0.321 e. The van der Waals surface area contributed by atoms with Gasteiger partial charge in [0.2, 0.25) is 0 Å². The number of urea groups is 1. The molecule has 0 aliphatic carbocycles. The summed E-state index contributed by atoms with van der Waals surface area (Å²) < 4.78 is 0. The average Bonchev–Trinajstić information content (AvgIpc) is 2.63. The van der Waals surface area contributed by atoms with Crippen molar-refractivity contribution in [2.45, 2.75) is 0 Å². The molecule has 0 atom stereocenters.